The highest BCUT2D eigenvalue weighted by atomic mass is 16.3. The van der Waals surface area contributed by atoms with Gasteiger partial charge in [-0.15, -0.1) is 6.42 Å². The van der Waals surface area contributed by atoms with Crippen LogP contribution in [-0.2, 0) is 6.54 Å². The van der Waals surface area contributed by atoms with E-state index in [4.69, 9.17) is 10.8 Å². The average molecular weight is 220 g/mol. The van der Waals surface area contributed by atoms with E-state index >= 15 is 0 Å². The zero-order valence-corrected chi connectivity index (χ0v) is 10.1. The van der Waals surface area contributed by atoms with Crippen molar-refractivity contribution in [3.8, 4) is 12.3 Å². The van der Waals surface area contributed by atoms with E-state index in [0.29, 0.717) is 12.6 Å². The van der Waals surface area contributed by atoms with Crippen LogP contribution >= 0.6 is 0 Å². The molecule has 0 spiro atoms. The zero-order chi connectivity index (χ0) is 11.8. The third-order valence-corrected chi connectivity index (χ3v) is 2.64. The molecule has 0 saturated carbocycles. The Kier molecular flexibility index (Phi) is 5.69. The summed E-state index contributed by atoms with van der Waals surface area (Å²) in [5.74, 6) is 3.58. The fourth-order valence-electron chi connectivity index (χ4n) is 1.66. The average Bonchev–Trinajstić information content (AvgIpc) is 2.78. The Hall–Kier alpha value is -1.24. The Morgan fingerprint density at radius 2 is 2.44 bits per heavy atom. The van der Waals surface area contributed by atoms with Crippen molar-refractivity contribution >= 4 is 0 Å². The zero-order valence-electron chi connectivity index (χ0n) is 10.1. The van der Waals surface area contributed by atoms with Gasteiger partial charge in [0.1, 0.15) is 5.76 Å². The minimum absolute atomic E-state index is 0.448. The van der Waals surface area contributed by atoms with Gasteiger partial charge in [0.2, 0.25) is 0 Å². The molecule has 88 valence electrons. The van der Waals surface area contributed by atoms with Crippen LogP contribution in [-0.4, -0.2) is 30.6 Å². The summed E-state index contributed by atoms with van der Waals surface area (Å²) < 4.78 is 5.35. The second-order valence-electron chi connectivity index (χ2n) is 3.83. The van der Waals surface area contributed by atoms with Crippen LogP contribution in [0.4, 0.5) is 0 Å². The van der Waals surface area contributed by atoms with Gasteiger partial charge in [-0.1, -0.05) is 12.8 Å². The van der Waals surface area contributed by atoms with Crippen LogP contribution in [0.5, 0.6) is 0 Å². The summed E-state index contributed by atoms with van der Waals surface area (Å²) in [5.41, 5.74) is 0. The van der Waals surface area contributed by atoms with Gasteiger partial charge < -0.3 is 9.73 Å². The van der Waals surface area contributed by atoms with E-state index in [1.807, 2.05) is 12.1 Å². The van der Waals surface area contributed by atoms with Gasteiger partial charge >= 0.3 is 0 Å². The van der Waals surface area contributed by atoms with Gasteiger partial charge in [-0.3, -0.25) is 4.90 Å². The monoisotopic (exact) mass is 220 g/mol. The van der Waals surface area contributed by atoms with Gasteiger partial charge in [0.25, 0.3) is 0 Å². The molecular weight excluding hydrogens is 200 g/mol. The van der Waals surface area contributed by atoms with Crippen molar-refractivity contribution in [1.82, 2.24) is 10.2 Å². The maximum atomic E-state index is 5.35. The van der Waals surface area contributed by atoms with Crippen molar-refractivity contribution in [3.63, 3.8) is 0 Å². The minimum atomic E-state index is 0.448. The molecule has 3 nitrogen and oxygen atoms in total. The Morgan fingerprint density at radius 1 is 1.62 bits per heavy atom. The van der Waals surface area contributed by atoms with Crippen LogP contribution < -0.4 is 5.32 Å². The lowest BCUT2D eigenvalue weighted by atomic mass is 10.2. The van der Waals surface area contributed by atoms with Gasteiger partial charge in [0, 0.05) is 12.6 Å². The first-order valence-corrected chi connectivity index (χ1v) is 5.68. The maximum Gasteiger partial charge on any atom is 0.117 e. The van der Waals surface area contributed by atoms with Crippen LogP contribution in [0.2, 0.25) is 0 Å². The number of terminal acetylenes is 1. The van der Waals surface area contributed by atoms with Crippen LogP contribution in [0.3, 0.4) is 0 Å². The number of hydrogen-bond acceptors (Lipinski definition) is 3. The van der Waals surface area contributed by atoms with E-state index in [0.717, 1.165) is 25.4 Å². The molecule has 0 aliphatic rings. The number of likely N-dealkylation sites (N-methyl/N-ethyl adjacent to an activating group) is 1. The summed E-state index contributed by atoms with van der Waals surface area (Å²) >= 11 is 0. The molecule has 16 heavy (non-hydrogen) atoms. The summed E-state index contributed by atoms with van der Waals surface area (Å²) in [4.78, 5) is 2.35. The minimum Gasteiger partial charge on any atom is -0.468 e. The Bertz CT molecular complexity index is 313. The molecule has 1 unspecified atom stereocenters. The molecule has 1 aromatic rings. The van der Waals surface area contributed by atoms with Crippen LogP contribution in [0, 0.1) is 12.3 Å². The van der Waals surface area contributed by atoms with E-state index in [1.54, 1.807) is 6.26 Å². The molecule has 3 heteroatoms. The summed E-state index contributed by atoms with van der Waals surface area (Å²) in [6.07, 6.45) is 6.90. The molecule has 1 atom stereocenters. The van der Waals surface area contributed by atoms with E-state index < -0.39 is 0 Å². The molecule has 0 bridgehead atoms. The highest BCUT2D eigenvalue weighted by Crippen LogP contribution is 2.08. The molecule has 0 fully saturated rings. The Labute approximate surface area is 97.8 Å². The molecular formula is C13H20N2O. The standard InChI is InChI=1S/C13H20N2O/c1-4-8-14-10-12(3)15(5-2)11-13-7-6-9-16-13/h1,6-7,9,12,14H,5,8,10-11H2,2-3H3. The van der Waals surface area contributed by atoms with Gasteiger partial charge in [-0.2, -0.15) is 0 Å². The topological polar surface area (TPSA) is 28.4 Å². The summed E-state index contributed by atoms with van der Waals surface area (Å²) in [7, 11) is 0. The fraction of sp³-hybridized carbons (Fsp3) is 0.538. The molecule has 0 radical (unpaired) electrons. The molecule has 0 saturated heterocycles. The second kappa shape index (κ2) is 7.10. The first kappa shape index (κ1) is 12.8. The molecule has 0 aromatic carbocycles. The van der Waals surface area contributed by atoms with E-state index in [9.17, 15) is 0 Å². The SMILES string of the molecule is C#CCNCC(C)N(CC)Cc1ccco1. The highest BCUT2D eigenvalue weighted by molar-refractivity contribution is 4.98. The molecule has 0 amide bonds. The second-order valence-corrected chi connectivity index (χ2v) is 3.83. The number of nitrogens with one attached hydrogen (secondary N) is 1. The van der Waals surface area contributed by atoms with Crippen LogP contribution in [0.25, 0.3) is 0 Å². The highest BCUT2D eigenvalue weighted by Gasteiger charge is 2.12. The van der Waals surface area contributed by atoms with E-state index in [1.165, 1.54) is 0 Å². The first-order valence-electron chi connectivity index (χ1n) is 5.68. The largest absolute Gasteiger partial charge is 0.468 e. The van der Waals surface area contributed by atoms with E-state index in [-0.39, 0.29) is 0 Å². The smallest absolute Gasteiger partial charge is 0.117 e. The third kappa shape index (κ3) is 4.09. The molecule has 1 rings (SSSR count). The predicted octanol–water partition coefficient (Wildman–Crippen LogP) is 1.71. The maximum absolute atomic E-state index is 5.35. The summed E-state index contributed by atoms with van der Waals surface area (Å²) in [6.45, 7) is 7.72. The fourth-order valence-corrected chi connectivity index (χ4v) is 1.66. The molecule has 1 aromatic heterocycles. The number of rotatable bonds is 7. The number of hydrogen-bond donors (Lipinski definition) is 1. The lowest BCUT2D eigenvalue weighted by Gasteiger charge is -2.26. The van der Waals surface area contributed by atoms with Crippen LogP contribution in [0.1, 0.15) is 19.6 Å². The van der Waals surface area contributed by atoms with Gasteiger partial charge in [-0.25, -0.2) is 0 Å². The van der Waals surface area contributed by atoms with Gasteiger partial charge in [0.05, 0.1) is 19.4 Å². The molecule has 0 aliphatic heterocycles. The van der Waals surface area contributed by atoms with Crippen molar-refractivity contribution in [2.24, 2.45) is 0 Å². The van der Waals surface area contributed by atoms with E-state index in [2.05, 4.69) is 30.0 Å². The van der Waals surface area contributed by atoms with Crippen molar-refractivity contribution < 1.29 is 4.42 Å². The predicted molar refractivity (Wildman–Crippen MR) is 66.0 cm³/mol. The Morgan fingerprint density at radius 3 is 3.00 bits per heavy atom. The van der Waals surface area contributed by atoms with Crippen molar-refractivity contribution in [3.05, 3.63) is 24.2 Å². The van der Waals surface area contributed by atoms with Crippen molar-refractivity contribution in [2.45, 2.75) is 26.4 Å². The van der Waals surface area contributed by atoms with Crippen molar-refractivity contribution in [2.75, 3.05) is 19.6 Å². The third-order valence-electron chi connectivity index (χ3n) is 2.64. The molecule has 0 aliphatic carbocycles. The van der Waals surface area contributed by atoms with Crippen molar-refractivity contribution in [1.29, 1.82) is 0 Å². The summed E-state index contributed by atoms with van der Waals surface area (Å²) in [6, 6.07) is 4.37. The van der Waals surface area contributed by atoms with Crippen LogP contribution in [0.15, 0.2) is 22.8 Å². The lowest BCUT2D eigenvalue weighted by Crippen LogP contribution is -2.39. The molecule has 1 N–H and O–H groups in total. The number of nitrogens with zero attached hydrogens (tertiary/aromatic N) is 1. The van der Waals surface area contributed by atoms with Gasteiger partial charge in [0.15, 0.2) is 0 Å². The quantitative estimate of drug-likeness (QED) is 0.560. The molecule has 1 heterocycles. The normalized spacial score (nSPS) is 12.6. The summed E-state index contributed by atoms with van der Waals surface area (Å²) in [5, 5.41) is 3.22. The first-order chi connectivity index (χ1) is 7.77. The Balaban J connectivity index is 2.38. The number of furan rings is 1. The lowest BCUT2D eigenvalue weighted by molar-refractivity contribution is 0.192. The van der Waals surface area contributed by atoms with Gasteiger partial charge in [-0.05, 0) is 25.6 Å².